The Morgan fingerprint density at radius 2 is 1.76 bits per heavy atom. The average Bonchev–Trinajstić information content (AvgIpc) is 2.46. The Kier molecular flexibility index (Phi) is 5.21. The highest BCUT2D eigenvalue weighted by Gasteiger charge is 2.19. The van der Waals surface area contributed by atoms with Crippen molar-refractivity contribution < 1.29 is 9.13 Å². The molecule has 0 amide bonds. The topological polar surface area (TPSA) is 21.3 Å². The fourth-order valence-corrected chi connectivity index (χ4v) is 2.79. The minimum absolute atomic E-state index is 0.00184. The number of nitrogens with one attached hydrogen (secondary N) is 1. The molecule has 0 aliphatic heterocycles. The molecule has 2 aromatic carbocycles. The molecule has 21 heavy (non-hydrogen) atoms. The van der Waals surface area contributed by atoms with E-state index in [1.54, 1.807) is 19.2 Å². The summed E-state index contributed by atoms with van der Waals surface area (Å²) in [6.07, 6.45) is 0. The quantitative estimate of drug-likeness (QED) is 0.848. The SMILES string of the molecule is COc1cccc(F)c1C(C)N[C@H](C)c1ccccc1Cl. The number of ether oxygens (including phenoxy) is 1. The third kappa shape index (κ3) is 3.55. The molecule has 0 saturated carbocycles. The molecular formula is C17H19ClFNO. The molecule has 0 spiro atoms. The largest absolute Gasteiger partial charge is 0.496 e. The highest BCUT2D eigenvalue weighted by molar-refractivity contribution is 6.31. The van der Waals surface area contributed by atoms with Crippen LogP contribution in [0.15, 0.2) is 42.5 Å². The first-order valence-electron chi connectivity index (χ1n) is 6.87. The number of benzene rings is 2. The van der Waals surface area contributed by atoms with Crippen LogP contribution in [-0.2, 0) is 0 Å². The first kappa shape index (κ1) is 15.8. The van der Waals surface area contributed by atoms with Crippen molar-refractivity contribution in [2.24, 2.45) is 0 Å². The summed E-state index contributed by atoms with van der Waals surface area (Å²) < 4.78 is 19.3. The van der Waals surface area contributed by atoms with E-state index < -0.39 is 0 Å². The molecule has 2 rings (SSSR count). The summed E-state index contributed by atoms with van der Waals surface area (Å²) in [5.74, 6) is 0.266. The molecule has 0 heterocycles. The lowest BCUT2D eigenvalue weighted by atomic mass is 10.0. The van der Waals surface area contributed by atoms with Gasteiger partial charge in [-0.05, 0) is 37.6 Å². The van der Waals surface area contributed by atoms with Gasteiger partial charge < -0.3 is 10.1 Å². The maximum absolute atomic E-state index is 14.1. The van der Waals surface area contributed by atoms with Gasteiger partial charge in [0.15, 0.2) is 0 Å². The predicted octanol–water partition coefficient (Wildman–Crippen LogP) is 4.90. The van der Waals surface area contributed by atoms with Crippen LogP contribution in [0.3, 0.4) is 0 Å². The standard InChI is InChI=1S/C17H19ClFNO/c1-11(13-7-4-5-8-14(13)18)20-12(2)17-15(19)9-6-10-16(17)21-3/h4-12,20H,1-3H3/t11-,12?/m1/s1. The van der Waals surface area contributed by atoms with Gasteiger partial charge in [0.1, 0.15) is 11.6 Å². The maximum Gasteiger partial charge on any atom is 0.131 e. The summed E-state index contributed by atoms with van der Waals surface area (Å²) in [4.78, 5) is 0. The highest BCUT2D eigenvalue weighted by atomic mass is 35.5. The van der Waals surface area contributed by atoms with E-state index in [9.17, 15) is 4.39 Å². The molecule has 0 radical (unpaired) electrons. The Morgan fingerprint density at radius 3 is 2.43 bits per heavy atom. The minimum Gasteiger partial charge on any atom is -0.496 e. The fourth-order valence-electron chi connectivity index (χ4n) is 2.49. The maximum atomic E-state index is 14.1. The summed E-state index contributed by atoms with van der Waals surface area (Å²) in [6, 6.07) is 12.3. The van der Waals surface area contributed by atoms with Crippen LogP contribution in [0.4, 0.5) is 4.39 Å². The van der Waals surface area contributed by atoms with E-state index in [1.807, 2.05) is 38.1 Å². The highest BCUT2D eigenvalue weighted by Crippen LogP contribution is 2.30. The lowest BCUT2D eigenvalue weighted by molar-refractivity contribution is 0.387. The third-order valence-electron chi connectivity index (χ3n) is 3.54. The van der Waals surface area contributed by atoms with E-state index in [0.29, 0.717) is 16.3 Å². The van der Waals surface area contributed by atoms with Crippen molar-refractivity contribution >= 4 is 11.6 Å². The van der Waals surface area contributed by atoms with E-state index in [4.69, 9.17) is 16.3 Å². The Bertz CT molecular complexity index is 617. The van der Waals surface area contributed by atoms with Gasteiger partial charge in [0.2, 0.25) is 0 Å². The van der Waals surface area contributed by atoms with Gasteiger partial charge in [-0.1, -0.05) is 35.9 Å². The Balaban J connectivity index is 2.22. The average molecular weight is 308 g/mol. The molecule has 2 aromatic rings. The molecule has 0 fully saturated rings. The zero-order chi connectivity index (χ0) is 15.4. The van der Waals surface area contributed by atoms with Crippen LogP contribution in [0.2, 0.25) is 5.02 Å². The Morgan fingerprint density at radius 1 is 1.05 bits per heavy atom. The van der Waals surface area contributed by atoms with Crippen LogP contribution in [-0.4, -0.2) is 7.11 Å². The summed E-state index contributed by atoms with van der Waals surface area (Å²) in [6.45, 7) is 3.92. The molecule has 112 valence electrons. The van der Waals surface area contributed by atoms with Crippen molar-refractivity contribution in [3.8, 4) is 5.75 Å². The van der Waals surface area contributed by atoms with Gasteiger partial charge in [0.25, 0.3) is 0 Å². The molecule has 1 unspecified atom stereocenters. The van der Waals surface area contributed by atoms with Crippen LogP contribution >= 0.6 is 11.6 Å². The second-order valence-electron chi connectivity index (χ2n) is 4.99. The molecule has 2 nitrogen and oxygen atoms in total. The van der Waals surface area contributed by atoms with Gasteiger partial charge in [0, 0.05) is 22.7 Å². The Hall–Kier alpha value is -1.58. The molecule has 1 N–H and O–H groups in total. The molecule has 0 bridgehead atoms. The second-order valence-corrected chi connectivity index (χ2v) is 5.39. The van der Waals surface area contributed by atoms with Crippen molar-refractivity contribution in [3.63, 3.8) is 0 Å². The lowest BCUT2D eigenvalue weighted by Gasteiger charge is -2.23. The number of hydrogen-bond donors (Lipinski definition) is 1. The number of hydrogen-bond acceptors (Lipinski definition) is 2. The lowest BCUT2D eigenvalue weighted by Crippen LogP contribution is -2.24. The minimum atomic E-state index is -0.277. The molecule has 0 aliphatic carbocycles. The summed E-state index contributed by atoms with van der Waals surface area (Å²) in [5.41, 5.74) is 1.51. The van der Waals surface area contributed by atoms with Gasteiger partial charge >= 0.3 is 0 Å². The zero-order valence-corrected chi connectivity index (χ0v) is 13.1. The van der Waals surface area contributed by atoms with Crippen molar-refractivity contribution in [1.29, 1.82) is 0 Å². The van der Waals surface area contributed by atoms with Gasteiger partial charge in [-0.2, -0.15) is 0 Å². The molecule has 4 heteroatoms. The summed E-state index contributed by atoms with van der Waals surface area (Å²) in [7, 11) is 1.54. The number of methoxy groups -OCH3 is 1. The summed E-state index contributed by atoms with van der Waals surface area (Å²) >= 11 is 6.20. The van der Waals surface area contributed by atoms with Crippen LogP contribution in [0, 0.1) is 5.82 Å². The monoisotopic (exact) mass is 307 g/mol. The van der Waals surface area contributed by atoms with Crippen molar-refractivity contribution in [3.05, 3.63) is 64.4 Å². The van der Waals surface area contributed by atoms with Gasteiger partial charge in [-0.15, -0.1) is 0 Å². The molecule has 0 aromatic heterocycles. The second kappa shape index (κ2) is 6.92. The van der Waals surface area contributed by atoms with Crippen LogP contribution in [0.1, 0.15) is 37.1 Å². The zero-order valence-electron chi connectivity index (χ0n) is 12.4. The van der Waals surface area contributed by atoms with Crippen molar-refractivity contribution in [2.75, 3.05) is 7.11 Å². The van der Waals surface area contributed by atoms with Crippen LogP contribution < -0.4 is 10.1 Å². The molecule has 0 saturated heterocycles. The first-order chi connectivity index (χ1) is 10.0. The number of rotatable bonds is 5. The fraction of sp³-hybridized carbons (Fsp3) is 0.294. The van der Waals surface area contributed by atoms with Gasteiger partial charge in [-0.3, -0.25) is 0 Å². The van der Waals surface area contributed by atoms with E-state index in [1.165, 1.54) is 6.07 Å². The molecule has 0 aliphatic rings. The van der Waals surface area contributed by atoms with E-state index in [0.717, 1.165) is 5.56 Å². The molecule has 2 atom stereocenters. The van der Waals surface area contributed by atoms with Crippen molar-refractivity contribution in [2.45, 2.75) is 25.9 Å². The van der Waals surface area contributed by atoms with Crippen LogP contribution in [0.5, 0.6) is 5.75 Å². The molecular weight excluding hydrogens is 289 g/mol. The van der Waals surface area contributed by atoms with E-state index in [-0.39, 0.29) is 17.9 Å². The van der Waals surface area contributed by atoms with E-state index in [2.05, 4.69) is 5.32 Å². The van der Waals surface area contributed by atoms with E-state index >= 15 is 0 Å². The van der Waals surface area contributed by atoms with Crippen molar-refractivity contribution in [1.82, 2.24) is 5.32 Å². The van der Waals surface area contributed by atoms with Gasteiger partial charge in [0.05, 0.1) is 7.11 Å². The number of halogens is 2. The first-order valence-corrected chi connectivity index (χ1v) is 7.25. The summed E-state index contributed by atoms with van der Waals surface area (Å²) in [5, 5.41) is 4.06. The van der Waals surface area contributed by atoms with Gasteiger partial charge in [-0.25, -0.2) is 4.39 Å². The third-order valence-corrected chi connectivity index (χ3v) is 3.88. The Labute approximate surface area is 129 Å². The smallest absolute Gasteiger partial charge is 0.131 e. The normalized spacial score (nSPS) is 13.8. The predicted molar refractivity (Wildman–Crippen MR) is 84.4 cm³/mol. The van der Waals surface area contributed by atoms with Crippen LogP contribution in [0.25, 0.3) is 0 Å².